The molecule has 1 aromatic carbocycles. The van der Waals surface area contributed by atoms with E-state index in [0.29, 0.717) is 5.92 Å². The van der Waals surface area contributed by atoms with Crippen molar-refractivity contribution in [3.05, 3.63) is 33.3 Å². The molecule has 4 heteroatoms. The highest BCUT2D eigenvalue weighted by Crippen LogP contribution is 2.41. The lowest BCUT2D eigenvalue weighted by atomic mass is 9.72. The van der Waals surface area contributed by atoms with Crippen molar-refractivity contribution in [1.82, 2.24) is 5.43 Å². The highest BCUT2D eigenvalue weighted by molar-refractivity contribution is 9.10. The number of nitrogens with one attached hydrogen (secondary N) is 1. The molecule has 0 amide bonds. The number of halogens is 2. The van der Waals surface area contributed by atoms with Crippen molar-refractivity contribution in [3.8, 4) is 0 Å². The molecule has 106 valence electrons. The molecular weight excluding hydrogens is 324 g/mol. The van der Waals surface area contributed by atoms with Crippen LogP contribution in [0.4, 0.5) is 0 Å². The average molecular weight is 346 g/mol. The molecule has 1 aromatic rings. The van der Waals surface area contributed by atoms with Gasteiger partial charge in [-0.25, -0.2) is 0 Å². The Kier molecular flexibility index (Phi) is 5.29. The van der Waals surface area contributed by atoms with E-state index in [4.69, 9.17) is 17.4 Å². The molecule has 1 fully saturated rings. The molecule has 1 aliphatic carbocycles. The van der Waals surface area contributed by atoms with Crippen LogP contribution in [0.3, 0.4) is 0 Å². The van der Waals surface area contributed by atoms with Crippen molar-refractivity contribution in [2.75, 3.05) is 0 Å². The summed E-state index contributed by atoms with van der Waals surface area (Å²) < 4.78 is 1.04. The van der Waals surface area contributed by atoms with E-state index in [-0.39, 0.29) is 6.04 Å². The molecule has 2 nitrogen and oxygen atoms in total. The lowest BCUT2D eigenvalue weighted by Gasteiger charge is -2.36. The van der Waals surface area contributed by atoms with Gasteiger partial charge in [0, 0.05) is 15.5 Å². The fourth-order valence-corrected chi connectivity index (χ4v) is 4.44. The number of hydrogen-bond donors (Lipinski definition) is 2. The Labute approximate surface area is 129 Å². The highest BCUT2D eigenvalue weighted by Gasteiger charge is 2.31. The lowest BCUT2D eigenvalue weighted by Crippen LogP contribution is -2.37. The lowest BCUT2D eigenvalue weighted by molar-refractivity contribution is 0.176. The van der Waals surface area contributed by atoms with Crippen molar-refractivity contribution in [2.45, 2.75) is 39.2 Å². The van der Waals surface area contributed by atoms with Gasteiger partial charge in [-0.2, -0.15) is 0 Å². The van der Waals surface area contributed by atoms with Crippen LogP contribution in [0.2, 0.25) is 5.02 Å². The van der Waals surface area contributed by atoms with E-state index in [1.807, 2.05) is 12.1 Å². The van der Waals surface area contributed by atoms with Crippen LogP contribution >= 0.6 is 27.5 Å². The number of rotatable bonds is 3. The summed E-state index contributed by atoms with van der Waals surface area (Å²) in [5.41, 5.74) is 4.22. The normalized spacial score (nSPS) is 29.2. The van der Waals surface area contributed by atoms with Gasteiger partial charge < -0.3 is 0 Å². The van der Waals surface area contributed by atoms with Crippen LogP contribution in [-0.2, 0) is 0 Å². The van der Waals surface area contributed by atoms with E-state index in [1.165, 1.54) is 24.8 Å². The van der Waals surface area contributed by atoms with Crippen LogP contribution in [0.1, 0.15) is 44.7 Å². The third-order valence-electron chi connectivity index (χ3n) is 4.16. The van der Waals surface area contributed by atoms with E-state index < -0.39 is 0 Å². The van der Waals surface area contributed by atoms with Gasteiger partial charge in [-0.05, 0) is 54.7 Å². The molecule has 1 saturated carbocycles. The maximum Gasteiger partial charge on any atom is 0.0499 e. The molecule has 0 aromatic heterocycles. The second-order valence-electron chi connectivity index (χ2n) is 5.99. The molecule has 19 heavy (non-hydrogen) atoms. The van der Waals surface area contributed by atoms with Gasteiger partial charge in [0.05, 0.1) is 0 Å². The summed E-state index contributed by atoms with van der Waals surface area (Å²) in [6.45, 7) is 4.68. The van der Waals surface area contributed by atoms with Crippen molar-refractivity contribution in [1.29, 1.82) is 0 Å². The molecule has 0 aliphatic heterocycles. The second-order valence-corrected chi connectivity index (χ2v) is 7.28. The molecule has 3 atom stereocenters. The van der Waals surface area contributed by atoms with Gasteiger partial charge in [0.1, 0.15) is 0 Å². The van der Waals surface area contributed by atoms with Crippen LogP contribution in [0.15, 0.2) is 22.7 Å². The van der Waals surface area contributed by atoms with Gasteiger partial charge in [0.15, 0.2) is 0 Å². The number of hydrazine groups is 1. The van der Waals surface area contributed by atoms with E-state index in [2.05, 4.69) is 41.3 Å². The largest absolute Gasteiger partial charge is 0.271 e. The summed E-state index contributed by atoms with van der Waals surface area (Å²) in [6.07, 6.45) is 3.79. The molecule has 0 heterocycles. The molecule has 0 bridgehead atoms. The van der Waals surface area contributed by atoms with Crippen LogP contribution in [0.25, 0.3) is 0 Å². The molecule has 2 rings (SSSR count). The zero-order valence-corrected chi connectivity index (χ0v) is 13.8. The zero-order valence-electron chi connectivity index (χ0n) is 11.5. The third kappa shape index (κ3) is 3.72. The van der Waals surface area contributed by atoms with Gasteiger partial charge in [-0.3, -0.25) is 11.3 Å². The Morgan fingerprint density at radius 2 is 1.89 bits per heavy atom. The zero-order chi connectivity index (χ0) is 14.0. The first-order valence-electron chi connectivity index (χ1n) is 6.92. The van der Waals surface area contributed by atoms with Crippen molar-refractivity contribution >= 4 is 27.5 Å². The minimum absolute atomic E-state index is 0.192. The molecule has 0 spiro atoms. The first-order chi connectivity index (χ1) is 9.01. The minimum Gasteiger partial charge on any atom is -0.271 e. The summed E-state index contributed by atoms with van der Waals surface area (Å²) >= 11 is 9.62. The van der Waals surface area contributed by atoms with E-state index in [1.54, 1.807) is 0 Å². The number of nitrogens with two attached hydrogens (primary N) is 1. The molecule has 0 radical (unpaired) electrons. The predicted octanol–water partition coefficient (Wildman–Crippen LogP) is 4.68. The third-order valence-corrected chi connectivity index (χ3v) is 5.09. The topological polar surface area (TPSA) is 38.0 Å². The number of benzene rings is 1. The van der Waals surface area contributed by atoms with Gasteiger partial charge >= 0.3 is 0 Å². The standard InChI is InChI=1S/C15H22BrClN2/c1-9-5-10(2)7-11(6-9)15(19-18)13-4-3-12(17)8-14(13)16/h3-4,8-11,15,19H,5-7,18H2,1-2H3. The maximum atomic E-state index is 6.02. The summed E-state index contributed by atoms with van der Waals surface area (Å²) in [4.78, 5) is 0. The van der Waals surface area contributed by atoms with Gasteiger partial charge in [-0.15, -0.1) is 0 Å². The van der Waals surface area contributed by atoms with Crippen LogP contribution < -0.4 is 11.3 Å². The molecule has 3 unspecified atom stereocenters. The summed E-state index contributed by atoms with van der Waals surface area (Å²) in [5.74, 6) is 7.96. The summed E-state index contributed by atoms with van der Waals surface area (Å²) in [6, 6.07) is 6.14. The van der Waals surface area contributed by atoms with E-state index in [0.717, 1.165) is 21.3 Å². The van der Waals surface area contributed by atoms with E-state index >= 15 is 0 Å². The smallest absolute Gasteiger partial charge is 0.0499 e. The van der Waals surface area contributed by atoms with E-state index in [9.17, 15) is 0 Å². The average Bonchev–Trinajstić information content (AvgIpc) is 2.31. The quantitative estimate of drug-likeness (QED) is 0.616. The molecule has 1 aliphatic rings. The summed E-state index contributed by atoms with van der Waals surface area (Å²) in [7, 11) is 0. The molecular formula is C15H22BrClN2. The first-order valence-corrected chi connectivity index (χ1v) is 8.09. The summed E-state index contributed by atoms with van der Waals surface area (Å²) in [5, 5.41) is 0.747. The van der Waals surface area contributed by atoms with Gasteiger partial charge in [0.2, 0.25) is 0 Å². The highest BCUT2D eigenvalue weighted by atomic mass is 79.9. The fourth-order valence-electron chi connectivity index (χ4n) is 3.51. The minimum atomic E-state index is 0.192. The predicted molar refractivity (Wildman–Crippen MR) is 84.9 cm³/mol. The number of hydrogen-bond acceptors (Lipinski definition) is 2. The Bertz CT molecular complexity index is 428. The van der Waals surface area contributed by atoms with Crippen molar-refractivity contribution < 1.29 is 0 Å². The SMILES string of the molecule is CC1CC(C)CC(C(NN)c2ccc(Cl)cc2Br)C1. The van der Waals surface area contributed by atoms with Crippen molar-refractivity contribution in [3.63, 3.8) is 0 Å². The second kappa shape index (κ2) is 6.57. The van der Waals surface area contributed by atoms with Gasteiger partial charge in [0.25, 0.3) is 0 Å². The Balaban J connectivity index is 2.23. The van der Waals surface area contributed by atoms with Crippen LogP contribution in [-0.4, -0.2) is 0 Å². The molecule has 3 N–H and O–H groups in total. The van der Waals surface area contributed by atoms with Crippen LogP contribution in [0.5, 0.6) is 0 Å². The molecule has 0 saturated heterocycles. The fraction of sp³-hybridized carbons (Fsp3) is 0.600. The van der Waals surface area contributed by atoms with Crippen molar-refractivity contribution in [2.24, 2.45) is 23.6 Å². The Hall–Kier alpha value is -0.0900. The monoisotopic (exact) mass is 344 g/mol. The van der Waals surface area contributed by atoms with Crippen LogP contribution in [0, 0.1) is 17.8 Å². The Morgan fingerprint density at radius 3 is 2.42 bits per heavy atom. The Morgan fingerprint density at radius 1 is 1.26 bits per heavy atom. The van der Waals surface area contributed by atoms with Gasteiger partial charge in [-0.1, -0.05) is 47.4 Å². The maximum absolute atomic E-state index is 6.02. The first kappa shape index (κ1) is 15.3.